The third kappa shape index (κ3) is 8.58. The largest absolute Gasteiger partial charge is 0.344 e. The first-order chi connectivity index (χ1) is 4.83. The first kappa shape index (κ1) is 15.0. The third-order valence-corrected chi connectivity index (χ3v) is 3.90. The first-order valence-electron chi connectivity index (χ1n) is 4.14. The van der Waals surface area contributed by atoms with E-state index < -0.39 is 7.37 Å². The Labute approximate surface area is 81.6 Å². The Hall–Kier alpha value is 0.480. The van der Waals surface area contributed by atoms with Gasteiger partial charge in [0.15, 0.2) is 0 Å². The monoisotopic (exact) mass is 214 g/mol. The van der Waals surface area contributed by atoms with Gasteiger partial charge in [-0.1, -0.05) is 27.7 Å². The van der Waals surface area contributed by atoms with E-state index in [1.807, 2.05) is 27.7 Å². The summed E-state index contributed by atoms with van der Waals surface area (Å²) in [5.41, 5.74) is 0. The summed E-state index contributed by atoms with van der Waals surface area (Å²) in [7, 11) is -2.80. The molecular formula is C8H20ClO2P. The van der Waals surface area contributed by atoms with Crippen molar-refractivity contribution in [1.29, 1.82) is 0 Å². The van der Waals surface area contributed by atoms with Crippen LogP contribution in [-0.4, -0.2) is 17.2 Å². The number of hydrogen-bond acceptors (Lipinski definition) is 1. The molecule has 0 aromatic carbocycles. The molecule has 0 saturated heterocycles. The van der Waals surface area contributed by atoms with E-state index in [-0.39, 0.29) is 12.4 Å². The fraction of sp³-hybridized carbons (Fsp3) is 1.00. The van der Waals surface area contributed by atoms with Gasteiger partial charge in [0.25, 0.3) is 0 Å². The van der Waals surface area contributed by atoms with Gasteiger partial charge in [0, 0.05) is 12.3 Å². The predicted octanol–water partition coefficient (Wildman–Crippen LogP) is 2.99. The van der Waals surface area contributed by atoms with Crippen LogP contribution in [0.15, 0.2) is 0 Å². The van der Waals surface area contributed by atoms with Crippen LogP contribution in [0, 0.1) is 11.8 Å². The minimum atomic E-state index is -2.80. The third-order valence-electron chi connectivity index (χ3n) is 1.30. The first-order valence-corrected chi connectivity index (χ1v) is 6.17. The fourth-order valence-electron chi connectivity index (χ4n) is 1.22. The van der Waals surface area contributed by atoms with Gasteiger partial charge < -0.3 is 4.89 Å². The Kier molecular flexibility index (Phi) is 7.50. The van der Waals surface area contributed by atoms with Gasteiger partial charge in [0.05, 0.1) is 0 Å². The molecule has 0 aliphatic rings. The van der Waals surface area contributed by atoms with E-state index in [1.54, 1.807) is 0 Å². The normalized spacial score (nSPS) is 11.9. The predicted molar refractivity (Wildman–Crippen MR) is 56.5 cm³/mol. The van der Waals surface area contributed by atoms with Gasteiger partial charge >= 0.3 is 0 Å². The van der Waals surface area contributed by atoms with Gasteiger partial charge in [-0.3, -0.25) is 4.57 Å². The van der Waals surface area contributed by atoms with Crippen molar-refractivity contribution in [2.45, 2.75) is 27.7 Å². The van der Waals surface area contributed by atoms with Crippen LogP contribution >= 0.6 is 19.8 Å². The highest BCUT2D eigenvalue weighted by molar-refractivity contribution is 7.58. The number of rotatable bonds is 4. The van der Waals surface area contributed by atoms with Crippen LogP contribution in [0.5, 0.6) is 0 Å². The molecule has 0 atom stereocenters. The summed E-state index contributed by atoms with van der Waals surface area (Å²) in [6, 6.07) is 0. The van der Waals surface area contributed by atoms with Crippen molar-refractivity contribution in [2.24, 2.45) is 11.8 Å². The van der Waals surface area contributed by atoms with E-state index in [0.29, 0.717) is 24.2 Å². The lowest BCUT2D eigenvalue weighted by atomic mass is 10.3. The Morgan fingerprint density at radius 2 is 1.33 bits per heavy atom. The van der Waals surface area contributed by atoms with Crippen LogP contribution < -0.4 is 0 Å². The lowest BCUT2D eigenvalue weighted by molar-refractivity contribution is 0.459. The fourth-order valence-corrected chi connectivity index (χ4v) is 3.65. The molecule has 1 N–H and O–H groups in total. The average molecular weight is 215 g/mol. The van der Waals surface area contributed by atoms with Crippen molar-refractivity contribution in [3.05, 3.63) is 0 Å². The van der Waals surface area contributed by atoms with Crippen molar-refractivity contribution in [3.63, 3.8) is 0 Å². The molecule has 0 rings (SSSR count). The van der Waals surface area contributed by atoms with Crippen molar-refractivity contribution in [1.82, 2.24) is 0 Å². The highest BCUT2D eigenvalue weighted by Crippen LogP contribution is 2.43. The van der Waals surface area contributed by atoms with Gasteiger partial charge in [0.1, 0.15) is 0 Å². The smallest absolute Gasteiger partial charge is 0.201 e. The van der Waals surface area contributed by atoms with Gasteiger partial charge in [-0.05, 0) is 11.8 Å². The molecule has 0 unspecified atom stereocenters. The van der Waals surface area contributed by atoms with E-state index in [0.717, 1.165) is 0 Å². The molecule has 0 aromatic heterocycles. The molecule has 0 aromatic rings. The number of halogens is 1. The zero-order valence-electron chi connectivity index (χ0n) is 8.28. The topological polar surface area (TPSA) is 37.3 Å². The lowest BCUT2D eigenvalue weighted by Crippen LogP contribution is -2.05. The van der Waals surface area contributed by atoms with E-state index in [4.69, 9.17) is 0 Å². The van der Waals surface area contributed by atoms with Crippen LogP contribution in [0.4, 0.5) is 0 Å². The average Bonchev–Trinajstić information content (AvgIpc) is 1.53. The zero-order valence-corrected chi connectivity index (χ0v) is 9.99. The SMILES string of the molecule is CC(C)CP(=O)(O)CC(C)C.Cl. The number of hydrogen-bond donors (Lipinski definition) is 1. The Balaban J connectivity index is 0. The molecule has 0 aliphatic carbocycles. The van der Waals surface area contributed by atoms with Crippen LogP contribution in [0.1, 0.15) is 27.7 Å². The Morgan fingerprint density at radius 3 is 1.50 bits per heavy atom. The quantitative estimate of drug-likeness (QED) is 0.731. The van der Waals surface area contributed by atoms with Crippen LogP contribution in [-0.2, 0) is 4.57 Å². The van der Waals surface area contributed by atoms with Gasteiger partial charge in [0.2, 0.25) is 7.37 Å². The van der Waals surface area contributed by atoms with E-state index in [2.05, 4.69) is 0 Å². The Bertz CT molecular complexity index is 143. The summed E-state index contributed by atoms with van der Waals surface area (Å²) in [6.07, 6.45) is 0.927. The molecule has 0 fully saturated rings. The van der Waals surface area contributed by atoms with Gasteiger partial charge in [-0.25, -0.2) is 0 Å². The molecule has 0 radical (unpaired) electrons. The summed E-state index contributed by atoms with van der Waals surface area (Å²) >= 11 is 0. The maximum Gasteiger partial charge on any atom is 0.201 e. The maximum absolute atomic E-state index is 11.4. The molecule has 12 heavy (non-hydrogen) atoms. The molecule has 0 heterocycles. The van der Waals surface area contributed by atoms with Crippen molar-refractivity contribution in [2.75, 3.05) is 12.3 Å². The summed E-state index contributed by atoms with van der Waals surface area (Å²) in [4.78, 5) is 9.41. The summed E-state index contributed by atoms with van der Waals surface area (Å²) < 4.78 is 11.4. The lowest BCUT2D eigenvalue weighted by Gasteiger charge is -2.15. The van der Waals surface area contributed by atoms with Gasteiger partial charge in [-0.15, -0.1) is 12.4 Å². The van der Waals surface area contributed by atoms with Crippen LogP contribution in [0.2, 0.25) is 0 Å². The summed E-state index contributed by atoms with van der Waals surface area (Å²) in [5.74, 6) is 0.647. The van der Waals surface area contributed by atoms with Crippen LogP contribution in [0.3, 0.4) is 0 Å². The molecular weight excluding hydrogens is 195 g/mol. The highest BCUT2D eigenvalue weighted by atomic mass is 35.5. The van der Waals surface area contributed by atoms with Gasteiger partial charge in [-0.2, -0.15) is 0 Å². The molecule has 0 aliphatic heterocycles. The molecule has 2 nitrogen and oxygen atoms in total. The standard InChI is InChI=1S/C8H19O2P.ClH/c1-7(2)5-11(9,10)6-8(3)4;/h7-8H,5-6H2,1-4H3,(H,9,10);1H. The van der Waals surface area contributed by atoms with E-state index in [9.17, 15) is 9.46 Å². The van der Waals surface area contributed by atoms with Crippen molar-refractivity contribution >= 4 is 19.8 Å². The van der Waals surface area contributed by atoms with Crippen molar-refractivity contribution < 1.29 is 9.46 Å². The second-order valence-electron chi connectivity index (χ2n) is 4.00. The second kappa shape index (κ2) is 6.01. The molecule has 0 saturated carbocycles. The second-order valence-corrected chi connectivity index (χ2v) is 6.42. The van der Waals surface area contributed by atoms with E-state index in [1.165, 1.54) is 0 Å². The Morgan fingerprint density at radius 1 is 1.08 bits per heavy atom. The minimum absolute atomic E-state index is 0. The van der Waals surface area contributed by atoms with E-state index >= 15 is 0 Å². The summed E-state index contributed by atoms with van der Waals surface area (Å²) in [5, 5.41) is 0. The molecule has 0 bridgehead atoms. The zero-order chi connectivity index (χ0) is 9.07. The molecule has 76 valence electrons. The van der Waals surface area contributed by atoms with Crippen LogP contribution in [0.25, 0.3) is 0 Å². The molecule has 0 spiro atoms. The molecule has 4 heteroatoms. The molecule has 0 amide bonds. The minimum Gasteiger partial charge on any atom is -0.344 e. The van der Waals surface area contributed by atoms with Crippen molar-refractivity contribution in [3.8, 4) is 0 Å². The summed E-state index contributed by atoms with van der Waals surface area (Å²) in [6.45, 7) is 7.90. The highest BCUT2D eigenvalue weighted by Gasteiger charge is 2.20. The maximum atomic E-state index is 11.4.